The van der Waals surface area contributed by atoms with E-state index in [0.29, 0.717) is 0 Å². The molecule has 4 N–H and O–H groups in total. The molecule has 102 valence electrons. The van der Waals surface area contributed by atoms with Crippen LogP contribution in [0.2, 0.25) is 0 Å². The highest BCUT2D eigenvalue weighted by Gasteiger charge is 2.12. The summed E-state index contributed by atoms with van der Waals surface area (Å²) in [7, 11) is 2.02. The lowest BCUT2D eigenvalue weighted by atomic mass is 9.99. The van der Waals surface area contributed by atoms with Crippen LogP contribution in [0, 0.1) is 6.92 Å². The molecule has 4 nitrogen and oxygen atoms in total. The van der Waals surface area contributed by atoms with E-state index in [0.717, 1.165) is 33.7 Å². The second-order valence-corrected chi connectivity index (χ2v) is 5.11. The van der Waals surface area contributed by atoms with E-state index in [1.54, 1.807) is 0 Å². The van der Waals surface area contributed by atoms with Crippen molar-refractivity contribution in [3.05, 3.63) is 59.4 Å². The van der Waals surface area contributed by atoms with Crippen molar-refractivity contribution < 1.29 is 0 Å². The molecule has 0 bridgehead atoms. The Hall–Kier alpha value is -2.33. The van der Waals surface area contributed by atoms with Gasteiger partial charge >= 0.3 is 0 Å². The second kappa shape index (κ2) is 4.65. The van der Waals surface area contributed by atoms with Gasteiger partial charge in [0.25, 0.3) is 0 Å². The largest absolute Gasteiger partial charge is 0.399 e. The second-order valence-electron chi connectivity index (χ2n) is 5.11. The smallest absolute Gasteiger partial charge is 0.106 e. The number of aryl methyl sites for hydroxylation is 2. The van der Waals surface area contributed by atoms with E-state index < -0.39 is 0 Å². The van der Waals surface area contributed by atoms with E-state index in [1.807, 2.05) is 38.2 Å². The van der Waals surface area contributed by atoms with Crippen molar-refractivity contribution >= 4 is 16.7 Å². The first kappa shape index (κ1) is 12.7. The van der Waals surface area contributed by atoms with Gasteiger partial charge in [0, 0.05) is 12.7 Å². The van der Waals surface area contributed by atoms with Gasteiger partial charge in [-0.3, -0.25) is 0 Å². The van der Waals surface area contributed by atoms with Crippen LogP contribution in [0.4, 0.5) is 5.69 Å². The lowest BCUT2D eigenvalue weighted by Crippen LogP contribution is -2.12. The van der Waals surface area contributed by atoms with Gasteiger partial charge in [-0.05, 0) is 42.3 Å². The number of benzene rings is 2. The molecular formula is C16H18N4. The molecule has 1 aromatic heterocycles. The number of nitrogens with two attached hydrogens (primary N) is 2. The first-order valence-electron chi connectivity index (χ1n) is 6.60. The molecular weight excluding hydrogens is 248 g/mol. The molecule has 0 aliphatic carbocycles. The van der Waals surface area contributed by atoms with Crippen molar-refractivity contribution in [1.82, 2.24) is 9.55 Å². The van der Waals surface area contributed by atoms with Gasteiger partial charge in [-0.15, -0.1) is 0 Å². The Morgan fingerprint density at radius 3 is 2.60 bits per heavy atom. The number of nitrogen functional groups attached to an aromatic ring is 1. The summed E-state index contributed by atoms with van der Waals surface area (Å²) in [5, 5.41) is 0. The summed E-state index contributed by atoms with van der Waals surface area (Å²) < 4.78 is 2.07. The van der Waals surface area contributed by atoms with E-state index in [2.05, 4.69) is 27.8 Å². The topological polar surface area (TPSA) is 69.9 Å². The quantitative estimate of drug-likeness (QED) is 0.700. The maximum Gasteiger partial charge on any atom is 0.106 e. The number of aromatic nitrogens is 2. The normalized spacial score (nSPS) is 12.8. The molecule has 1 heterocycles. The van der Waals surface area contributed by atoms with E-state index in [-0.39, 0.29) is 6.04 Å². The van der Waals surface area contributed by atoms with Crippen molar-refractivity contribution in [2.24, 2.45) is 12.8 Å². The summed E-state index contributed by atoms with van der Waals surface area (Å²) in [6.07, 6.45) is 0. The van der Waals surface area contributed by atoms with Crippen LogP contribution in [0.3, 0.4) is 0 Å². The molecule has 1 atom stereocenters. The third-order valence-corrected chi connectivity index (χ3v) is 3.76. The van der Waals surface area contributed by atoms with Gasteiger partial charge in [0.2, 0.25) is 0 Å². The zero-order valence-electron chi connectivity index (χ0n) is 11.7. The lowest BCUT2D eigenvalue weighted by molar-refractivity contribution is 0.872. The van der Waals surface area contributed by atoms with Crippen molar-refractivity contribution in [2.45, 2.75) is 13.0 Å². The predicted octanol–water partition coefficient (Wildman–Crippen LogP) is 2.51. The summed E-state index contributed by atoms with van der Waals surface area (Å²) in [5.74, 6) is 0.995. The summed E-state index contributed by atoms with van der Waals surface area (Å²) in [5.41, 5.74) is 17.0. The maximum absolute atomic E-state index is 6.33. The lowest BCUT2D eigenvalue weighted by Gasteiger charge is -2.13. The van der Waals surface area contributed by atoms with Crippen LogP contribution < -0.4 is 11.5 Å². The average molecular weight is 266 g/mol. The molecule has 0 saturated heterocycles. The highest BCUT2D eigenvalue weighted by Crippen LogP contribution is 2.24. The molecule has 4 heteroatoms. The molecule has 0 radical (unpaired) electrons. The van der Waals surface area contributed by atoms with Crippen molar-refractivity contribution in [3.8, 4) is 0 Å². The number of anilines is 1. The predicted molar refractivity (Wildman–Crippen MR) is 82.3 cm³/mol. The Bertz CT molecular complexity index is 773. The van der Waals surface area contributed by atoms with E-state index in [1.165, 1.54) is 0 Å². The van der Waals surface area contributed by atoms with Gasteiger partial charge in [-0.1, -0.05) is 18.2 Å². The van der Waals surface area contributed by atoms with Gasteiger partial charge in [-0.25, -0.2) is 4.98 Å². The van der Waals surface area contributed by atoms with Gasteiger partial charge < -0.3 is 16.0 Å². The molecule has 1 unspecified atom stereocenters. The SMILES string of the molecule is Cc1nc2cc(C(N)c3cccc(N)c3)ccc2n1C. The number of fused-ring (bicyclic) bond motifs is 1. The highest BCUT2D eigenvalue weighted by molar-refractivity contribution is 5.77. The Morgan fingerprint density at radius 1 is 1.10 bits per heavy atom. The third-order valence-electron chi connectivity index (χ3n) is 3.76. The third kappa shape index (κ3) is 2.04. The Kier molecular flexibility index (Phi) is 2.95. The molecule has 20 heavy (non-hydrogen) atoms. The molecule has 0 amide bonds. The molecule has 0 aliphatic rings. The van der Waals surface area contributed by atoms with Crippen LogP contribution in [0.5, 0.6) is 0 Å². The van der Waals surface area contributed by atoms with Gasteiger partial charge in [0.1, 0.15) is 5.82 Å². The number of imidazole rings is 1. The van der Waals surface area contributed by atoms with Crippen LogP contribution in [0.1, 0.15) is 23.0 Å². The zero-order valence-corrected chi connectivity index (χ0v) is 11.7. The standard InChI is InChI=1S/C16H18N4/c1-10-19-14-9-12(6-7-15(14)20(10)2)16(18)11-4-3-5-13(17)8-11/h3-9,16H,17-18H2,1-2H3. The monoisotopic (exact) mass is 266 g/mol. The molecule has 0 fully saturated rings. The Morgan fingerprint density at radius 2 is 1.85 bits per heavy atom. The highest BCUT2D eigenvalue weighted by atomic mass is 15.0. The molecule has 0 saturated carbocycles. The molecule has 3 aromatic rings. The van der Waals surface area contributed by atoms with E-state index in [4.69, 9.17) is 11.5 Å². The fourth-order valence-corrected chi connectivity index (χ4v) is 2.48. The maximum atomic E-state index is 6.33. The minimum Gasteiger partial charge on any atom is -0.399 e. The summed E-state index contributed by atoms with van der Waals surface area (Å²) in [4.78, 5) is 4.55. The van der Waals surface area contributed by atoms with Gasteiger partial charge in [0.05, 0.1) is 17.1 Å². The van der Waals surface area contributed by atoms with Gasteiger partial charge in [0.15, 0.2) is 0 Å². The van der Waals surface area contributed by atoms with Crippen molar-refractivity contribution in [3.63, 3.8) is 0 Å². The van der Waals surface area contributed by atoms with Crippen molar-refractivity contribution in [2.75, 3.05) is 5.73 Å². The minimum atomic E-state index is -0.190. The summed E-state index contributed by atoms with van der Waals surface area (Å²) >= 11 is 0. The first-order valence-corrected chi connectivity index (χ1v) is 6.60. The van der Waals surface area contributed by atoms with Crippen LogP contribution in [-0.4, -0.2) is 9.55 Å². The zero-order chi connectivity index (χ0) is 14.3. The molecule has 2 aromatic carbocycles. The minimum absolute atomic E-state index is 0.190. The molecule has 0 spiro atoms. The first-order chi connectivity index (χ1) is 9.56. The molecule has 0 aliphatic heterocycles. The number of rotatable bonds is 2. The average Bonchev–Trinajstić information content (AvgIpc) is 2.73. The Labute approximate surface area is 118 Å². The van der Waals surface area contributed by atoms with Crippen LogP contribution in [0.15, 0.2) is 42.5 Å². The molecule has 3 rings (SSSR count). The van der Waals surface area contributed by atoms with Crippen molar-refractivity contribution in [1.29, 1.82) is 0 Å². The number of nitrogens with zero attached hydrogens (tertiary/aromatic N) is 2. The summed E-state index contributed by atoms with van der Waals surface area (Å²) in [6, 6.07) is 13.7. The number of hydrogen-bond acceptors (Lipinski definition) is 3. The van der Waals surface area contributed by atoms with Gasteiger partial charge in [-0.2, -0.15) is 0 Å². The number of hydrogen-bond donors (Lipinski definition) is 2. The van der Waals surface area contributed by atoms with E-state index in [9.17, 15) is 0 Å². The van der Waals surface area contributed by atoms with Crippen LogP contribution >= 0.6 is 0 Å². The summed E-state index contributed by atoms with van der Waals surface area (Å²) in [6.45, 7) is 2.00. The Balaban J connectivity index is 2.05. The van der Waals surface area contributed by atoms with Crippen LogP contribution in [-0.2, 0) is 7.05 Å². The van der Waals surface area contributed by atoms with E-state index >= 15 is 0 Å². The fraction of sp³-hybridized carbons (Fsp3) is 0.188. The fourth-order valence-electron chi connectivity index (χ4n) is 2.48. The van der Waals surface area contributed by atoms with Crippen LogP contribution in [0.25, 0.3) is 11.0 Å².